The molecule has 1 atom stereocenters. The van der Waals surface area contributed by atoms with Gasteiger partial charge in [-0.25, -0.2) is 9.78 Å². The highest BCUT2D eigenvalue weighted by molar-refractivity contribution is 7.09. The fraction of sp³-hybridized carbons (Fsp3) is 0.308. The summed E-state index contributed by atoms with van der Waals surface area (Å²) in [5, 5.41) is 6.30. The third-order valence-corrected chi connectivity index (χ3v) is 7.31. The second kappa shape index (κ2) is 9.37. The number of urea groups is 1. The average Bonchev–Trinajstić information content (AvgIpc) is 3.52. The maximum absolute atomic E-state index is 12.8. The normalized spacial score (nSPS) is 18.7. The summed E-state index contributed by atoms with van der Waals surface area (Å²) in [7, 11) is 0. The molecule has 0 spiro atoms. The number of carbonyl (C=O) groups excluding carboxylic acids is 1. The molecular formula is C26H28N4O2S. The highest BCUT2D eigenvalue weighted by Gasteiger charge is 2.27. The van der Waals surface area contributed by atoms with Crippen molar-refractivity contribution in [2.45, 2.75) is 38.7 Å². The predicted molar refractivity (Wildman–Crippen MR) is 132 cm³/mol. The number of nitrogens with one attached hydrogen (secondary N) is 2. The first-order valence-corrected chi connectivity index (χ1v) is 12.2. The number of amides is 2. The van der Waals surface area contributed by atoms with Crippen LogP contribution in [0.4, 0.5) is 10.5 Å². The van der Waals surface area contributed by atoms with Crippen LogP contribution in [0.25, 0.3) is 5.70 Å². The highest BCUT2D eigenvalue weighted by atomic mass is 32.1. The summed E-state index contributed by atoms with van der Waals surface area (Å²) in [5.41, 5.74) is 9.09. The van der Waals surface area contributed by atoms with E-state index in [0.717, 1.165) is 64.7 Å². The summed E-state index contributed by atoms with van der Waals surface area (Å²) in [6, 6.07) is 16.2. The van der Waals surface area contributed by atoms with Crippen molar-refractivity contribution in [3.63, 3.8) is 0 Å². The first-order valence-electron chi connectivity index (χ1n) is 11.3. The number of aryl methyl sites for hydroxylation is 2. The molecule has 1 aromatic heterocycles. The lowest BCUT2D eigenvalue weighted by Crippen LogP contribution is -2.40. The number of thiazole rings is 1. The van der Waals surface area contributed by atoms with Gasteiger partial charge in [0.2, 0.25) is 0 Å². The van der Waals surface area contributed by atoms with Gasteiger partial charge in [0.15, 0.2) is 0 Å². The Hall–Kier alpha value is -3.16. The van der Waals surface area contributed by atoms with Gasteiger partial charge in [0, 0.05) is 30.1 Å². The topological polar surface area (TPSA) is 66.5 Å². The molecule has 0 aliphatic carbocycles. The van der Waals surface area contributed by atoms with Crippen molar-refractivity contribution < 1.29 is 9.63 Å². The van der Waals surface area contributed by atoms with Gasteiger partial charge in [-0.1, -0.05) is 42.5 Å². The van der Waals surface area contributed by atoms with Crippen molar-refractivity contribution >= 4 is 28.8 Å². The van der Waals surface area contributed by atoms with E-state index in [1.54, 1.807) is 11.3 Å². The van der Waals surface area contributed by atoms with E-state index >= 15 is 0 Å². The molecule has 3 aromatic rings. The Morgan fingerprint density at radius 3 is 2.73 bits per heavy atom. The van der Waals surface area contributed by atoms with Gasteiger partial charge in [-0.2, -0.15) is 0 Å². The molecule has 1 unspecified atom stereocenters. The summed E-state index contributed by atoms with van der Waals surface area (Å²) in [4.78, 5) is 25.3. The van der Waals surface area contributed by atoms with Crippen molar-refractivity contribution in [1.82, 2.24) is 15.4 Å². The maximum atomic E-state index is 12.8. The summed E-state index contributed by atoms with van der Waals surface area (Å²) in [6.45, 7) is 5.52. The van der Waals surface area contributed by atoms with Crippen molar-refractivity contribution in [3.8, 4) is 0 Å². The number of hydrogen-bond donors (Lipinski definition) is 2. The van der Waals surface area contributed by atoms with Gasteiger partial charge in [-0.3, -0.25) is 10.3 Å². The van der Waals surface area contributed by atoms with Crippen LogP contribution >= 0.6 is 11.3 Å². The van der Waals surface area contributed by atoms with Gasteiger partial charge in [0.05, 0.1) is 16.4 Å². The van der Waals surface area contributed by atoms with E-state index in [2.05, 4.69) is 40.5 Å². The van der Waals surface area contributed by atoms with Gasteiger partial charge < -0.3 is 10.2 Å². The first-order chi connectivity index (χ1) is 16.1. The number of hydrogen-bond acceptors (Lipinski definition) is 5. The molecule has 6 nitrogen and oxygen atoms in total. The lowest BCUT2D eigenvalue weighted by molar-refractivity contribution is 0.0510. The second-order valence-electron chi connectivity index (χ2n) is 8.71. The molecule has 1 fully saturated rings. The van der Waals surface area contributed by atoms with Crippen LogP contribution in [0.3, 0.4) is 0 Å². The van der Waals surface area contributed by atoms with Gasteiger partial charge in [-0.15, -0.1) is 11.3 Å². The molecule has 3 heterocycles. The minimum absolute atomic E-state index is 0.0219. The molecule has 2 aliphatic heterocycles. The number of anilines is 1. The van der Waals surface area contributed by atoms with E-state index in [0.29, 0.717) is 5.92 Å². The highest BCUT2D eigenvalue weighted by Crippen LogP contribution is 2.34. The van der Waals surface area contributed by atoms with Crippen LogP contribution in [0, 0.1) is 13.8 Å². The van der Waals surface area contributed by atoms with Crippen LogP contribution in [0.1, 0.15) is 52.3 Å². The third-order valence-electron chi connectivity index (χ3n) is 6.31. The Kier molecular flexibility index (Phi) is 6.15. The Morgan fingerprint density at radius 2 is 1.94 bits per heavy atom. The Balaban J connectivity index is 1.18. The minimum atomic E-state index is -0.106. The van der Waals surface area contributed by atoms with Crippen LogP contribution in [0.15, 0.2) is 60.0 Å². The van der Waals surface area contributed by atoms with Crippen LogP contribution in [-0.4, -0.2) is 29.0 Å². The van der Waals surface area contributed by atoms with E-state index < -0.39 is 0 Å². The number of carbonyl (C=O) groups is 1. The molecule has 5 rings (SSSR count). The van der Waals surface area contributed by atoms with Crippen LogP contribution in [0.5, 0.6) is 0 Å². The molecule has 2 aliphatic rings. The second-order valence-corrected chi connectivity index (χ2v) is 9.60. The van der Waals surface area contributed by atoms with E-state index in [-0.39, 0.29) is 12.1 Å². The Morgan fingerprint density at radius 1 is 1.15 bits per heavy atom. The first kappa shape index (κ1) is 21.7. The zero-order chi connectivity index (χ0) is 22.8. The van der Waals surface area contributed by atoms with Crippen molar-refractivity contribution in [2.24, 2.45) is 0 Å². The van der Waals surface area contributed by atoms with Crippen molar-refractivity contribution in [3.05, 3.63) is 87.4 Å². The maximum Gasteiger partial charge on any atom is 0.321 e. The molecule has 2 amide bonds. The SMILES string of the molecule is Cc1ccc(C)c(NC(=O)N2CCC(c3nc(C4=CC(c5ccccc5)ON4)cs3)CC2)c1. The van der Waals surface area contributed by atoms with E-state index in [1.165, 1.54) is 0 Å². The largest absolute Gasteiger partial charge is 0.324 e. The number of nitrogens with zero attached hydrogens (tertiary/aromatic N) is 2. The fourth-order valence-electron chi connectivity index (χ4n) is 4.28. The molecule has 33 heavy (non-hydrogen) atoms. The van der Waals surface area contributed by atoms with Crippen molar-refractivity contribution in [2.75, 3.05) is 18.4 Å². The third kappa shape index (κ3) is 4.79. The van der Waals surface area contributed by atoms with Crippen LogP contribution < -0.4 is 10.8 Å². The van der Waals surface area contributed by atoms with Crippen molar-refractivity contribution in [1.29, 1.82) is 0 Å². The smallest absolute Gasteiger partial charge is 0.321 e. The molecule has 170 valence electrons. The lowest BCUT2D eigenvalue weighted by atomic mass is 9.98. The summed E-state index contributed by atoms with van der Waals surface area (Å²) >= 11 is 1.69. The fourth-order valence-corrected chi connectivity index (χ4v) is 5.28. The zero-order valence-corrected chi connectivity index (χ0v) is 19.7. The summed E-state index contributed by atoms with van der Waals surface area (Å²) in [6.07, 6.45) is 3.81. The van der Waals surface area contributed by atoms with E-state index in [9.17, 15) is 4.79 Å². The monoisotopic (exact) mass is 460 g/mol. The number of likely N-dealkylation sites (tertiary alicyclic amines) is 1. The zero-order valence-electron chi connectivity index (χ0n) is 18.9. The molecule has 0 bridgehead atoms. The van der Waals surface area contributed by atoms with E-state index in [1.807, 2.05) is 49.1 Å². The molecule has 2 aromatic carbocycles. The standard InChI is InChI=1S/C26H28N4O2S/c1-17-8-9-18(2)21(14-17)28-26(31)30-12-10-20(11-13-30)25-27-23(16-33-25)22-15-24(32-29-22)19-6-4-3-5-7-19/h3-9,14-16,20,24,29H,10-13H2,1-2H3,(H,28,31). The van der Waals surface area contributed by atoms with Crippen LogP contribution in [-0.2, 0) is 4.84 Å². The van der Waals surface area contributed by atoms with E-state index in [4.69, 9.17) is 9.82 Å². The number of benzene rings is 2. The number of piperidine rings is 1. The minimum Gasteiger partial charge on any atom is -0.324 e. The molecule has 7 heteroatoms. The van der Waals surface area contributed by atoms with Gasteiger partial charge in [0.25, 0.3) is 0 Å². The molecular weight excluding hydrogens is 432 g/mol. The average molecular weight is 461 g/mol. The van der Waals surface area contributed by atoms with Gasteiger partial charge >= 0.3 is 6.03 Å². The molecule has 0 saturated carbocycles. The predicted octanol–water partition coefficient (Wildman–Crippen LogP) is 5.79. The number of aromatic nitrogens is 1. The number of hydroxylamine groups is 1. The summed E-state index contributed by atoms with van der Waals surface area (Å²) < 4.78 is 0. The Bertz CT molecular complexity index is 1170. The molecule has 2 N–H and O–H groups in total. The van der Waals surface area contributed by atoms with Crippen LogP contribution in [0.2, 0.25) is 0 Å². The van der Waals surface area contributed by atoms with Gasteiger partial charge in [-0.05, 0) is 55.5 Å². The van der Waals surface area contributed by atoms with Gasteiger partial charge in [0.1, 0.15) is 6.10 Å². The Labute approximate surface area is 198 Å². The quantitative estimate of drug-likeness (QED) is 0.517. The molecule has 1 saturated heterocycles. The summed E-state index contributed by atoms with van der Waals surface area (Å²) in [5.74, 6) is 0.376. The number of rotatable bonds is 4. The molecule has 0 radical (unpaired) electrons. The lowest BCUT2D eigenvalue weighted by Gasteiger charge is -2.31.